The van der Waals surface area contributed by atoms with Gasteiger partial charge in [0.25, 0.3) is 11.6 Å². The summed E-state index contributed by atoms with van der Waals surface area (Å²) in [7, 11) is 1.53. The van der Waals surface area contributed by atoms with Crippen LogP contribution >= 0.6 is 0 Å². The topological polar surface area (TPSA) is 86.5 Å². The molecule has 0 atom stereocenters. The molecule has 31 heavy (non-hydrogen) atoms. The summed E-state index contributed by atoms with van der Waals surface area (Å²) in [6.07, 6.45) is 1.38. The summed E-state index contributed by atoms with van der Waals surface area (Å²) in [6.45, 7) is -1.24. The number of rotatable bonds is 6. The van der Waals surface area contributed by atoms with Crippen molar-refractivity contribution >= 4 is 22.7 Å². The maximum Gasteiger partial charge on any atom is 0.387 e. The molecule has 0 aliphatic carbocycles. The summed E-state index contributed by atoms with van der Waals surface area (Å²) in [5.74, 6) is 0.191. The standard InChI is InChI=1S/C22H17F2N3O4/c1-12-17-9-14(11-25-21(17)31-27-12)20(28)26-15-5-8-19(30-22(23)24)18(10-15)13-3-6-16(29-2)7-4-13/h3-11,22H,1-2H3,(H,26,28). The van der Waals surface area contributed by atoms with Gasteiger partial charge in [0.05, 0.1) is 23.8 Å². The van der Waals surface area contributed by atoms with Gasteiger partial charge in [0.15, 0.2) is 0 Å². The molecule has 4 aromatic rings. The number of aromatic nitrogens is 2. The zero-order valence-electron chi connectivity index (χ0n) is 16.6. The van der Waals surface area contributed by atoms with E-state index in [9.17, 15) is 13.6 Å². The molecule has 0 spiro atoms. The summed E-state index contributed by atoms with van der Waals surface area (Å²) < 4.78 is 40.6. The normalized spacial score (nSPS) is 11.0. The Kier molecular flexibility index (Phi) is 5.48. The van der Waals surface area contributed by atoms with Gasteiger partial charge in [-0.25, -0.2) is 4.98 Å². The second-order valence-corrected chi connectivity index (χ2v) is 6.62. The first kappa shape index (κ1) is 20.3. The van der Waals surface area contributed by atoms with Crippen LogP contribution in [0, 0.1) is 6.92 Å². The summed E-state index contributed by atoms with van der Waals surface area (Å²) in [5.41, 5.74) is 2.68. The highest BCUT2D eigenvalue weighted by Crippen LogP contribution is 2.34. The summed E-state index contributed by atoms with van der Waals surface area (Å²) >= 11 is 0. The van der Waals surface area contributed by atoms with Crippen molar-refractivity contribution in [1.82, 2.24) is 10.1 Å². The molecule has 158 valence electrons. The zero-order chi connectivity index (χ0) is 22.0. The van der Waals surface area contributed by atoms with Crippen LogP contribution in [0.2, 0.25) is 0 Å². The second-order valence-electron chi connectivity index (χ2n) is 6.62. The molecular weight excluding hydrogens is 408 g/mol. The Bertz CT molecular complexity index is 1240. The number of ether oxygens (including phenoxy) is 2. The van der Waals surface area contributed by atoms with Gasteiger partial charge in [-0.1, -0.05) is 17.3 Å². The van der Waals surface area contributed by atoms with Crippen molar-refractivity contribution in [2.45, 2.75) is 13.5 Å². The maximum atomic E-state index is 12.9. The fourth-order valence-electron chi connectivity index (χ4n) is 3.08. The van der Waals surface area contributed by atoms with Gasteiger partial charge in [-0.2, -0.15) is 8.78 Å². The van der Waals surface area contributed by atoms with Crippen LogP contribution in [0.3, 0.4) is 0 Å². The Labute approximate surface area is 175 Å². The van der Waals surface area contributed by atoms with Gasteiger partial charge in [-0.05, 0) is 48.9 Å². The van der Waals surface area contributed by atoms with Crippen molar-refractivity contribution in [3.05, 3.63) is 66.0 Å². The van der Waals surface area contributed by atoms with Crippen LogP contribution in [-0.2, 0) is 0 Å². The van der Waals surface area contributed by atoms with Crippen molar-refractivity contribution in [3.8, 4) is 22.6 Å². The van der Waals surface area contributed by atoms with E-state index in [0.29, 0.717) is 44.9 Å². The van der Waals surface area contributed by atoms with E-state index in [1.54, 1.807) is 43.3 Å². The molecule has 2 aromatic carbocycles. The van der Waals surface area contributed by atoms with Crippen LogP contribution in [-0.4, -0.2) is 29.8 Å². The van der Waals surface area contributed by atoms with E-state index in [2.05, 4.69) is 20.2 Å². The molecule has 0 saturated carbocycles. The predicted octanol–water partition coefficient (Wildman–Crippen LogP) is 5.06. The number of benzene rings is 2. The molecule has 0 bridgehead atoms. The van der Waals surface area contributed by atoms with E-state index in [1.807, 2.05) is 0 Å². The van der Waals surface area contributed by atoms with Crippen molar-refractivity contribution in [2.75, 3.05) is 12.4 Å². The second kappa shape index (κ2) is 8.39. The minimum Gasteiger partial charge on any atom is -0.497 e. The van der Waals surface area contributed by atoms with E-state index in [4.69, 9.17) is 9.26 Å². The Morgan fingerprint density at radius 3 is 2.61 bits per heavy atom. The number of amides is 1. The molecule has 0 saturated heterocycles. The van der Waals surface area contributed by atoms with Crippen molar-refractivity contribution in [2.24, 2.45) is 0 Å². The van der Waals surface area contributed by atoms with E-state index in [-0.39, 0.29) is 5.75 Å². The number of halogens is 2. The molecule has 9 heteroatoms. The number of pyridine rings is 1. The molecule has 0 aliphatic rings. The number of hydrogen-bond donors (Lipinski definition) is 1. The number of carbonyl (C=O) groups excluding carboxylic acids is 1. The third-order valence-corrected chi connectivity index (χ3v) is 4.63. The molecule has 0 radical (unpaired) electrons. The first-order chi connectivity index (χ1) is 14.9. The number of anilines is 1. The molecule has 1 N–H and O–H groups in total. The fourth-order valence-corrected chi connectivity index (χ4v) is 3.08. The summed E-state index contributed by atoms with van der Waals surface area (Å²) in [5, 5.41) is 7.20. The first-order valence-corrected chi connectivity index (χ1v) is 9.21. The van der Waals surface area contributed by atoms with Crippen LogP contribution in [0.1, 0.15) is 16.1 Å². The number of methoxy groups -OCH3 is 1. The molecule has 4 rings (SSSR count). The highest BCUT2D eigenvalue weighted by molar-refractivity contribution is 6.06. The quantitative estimate of drug-likeness (QED) is 0.465. The van der Waals surface area contributed by atoms with Gasteiger partial charge >= 0.3 is 6.61 Å². The first-order valence-electron chi connectivity index (χ1n) is 9.21. The van der Waals surface area contributed by atoms with Crippen LogP contribution in [0.4, 0.5) is 14.5 Å². The van der Waals surface area contributed by atoms with Gasteiger partial charge in [0, 0.05) is 17.4 Å². The number of aryl methyl sites for hydroxylation is 1. The zero-order valence-corrected chi connectivity index (χ0v) is 16.6. The minimum absolute atomic E-state index is 0.0126. The Morgan fingerprint density at radius 1 is 1.13 bits per heavy atom. The Balaban J connectivity index is 1.65. The fraction of sp³-hybridized carbons (Fsp3) is 0.136. The van der Waals surface area contributed by atoms with E-state index >= 15 is 0 Å². The highest BCUT2D eigenvalue weighted by atomic mass is 19.3. The molecular formula is C22H17F2N3O4. The molecule has 0 fully saturated rings. The molecule has 2 heterocycles. The van der Waals surface area contributed by atoms with Crippen LogP contribution in [0.5, 0.6) is 11.5 Å². The number of fused-ring (bicyclic) bond motifs is 1. The number of hydrogen-bond acceptors (Lipinski definition) is 6. The lowest BCUT2D eigenvalue weighted by Gasteiger charge is -2.14. The van der Waals surface area contributed by atoms with Gasteiger partial charge in [-0.3, -0.25) is 4.79 Å². The summed E-state index contributed by atoms with van der Waals surface area (Å²) in [4.78, 5) is 16.8. The van der Waals surface area contributed by atoms with E-state index < -0.39 is 12.5 Å². The maximum absolute atomic E-state index is 12.9. The number of carbonyl (C=O) groups is 1. The van der Waals surface area contributed by atoms with E-state index in [0.717, 1.165) is 0 Å². The van der Waals surface area contributed by atoms with Crippen molar-refractivity contribution in [1.29, 1.82) is 0 Å². The van der Waals surface area contributed by atoms with Gasteiger partial charge < -0.3 is 19.3 Å². The smallest absolute Gasteiger partial charge is 0.387 e. The minimum atomic E-state index is -2.98. The van der Waals surface area contributed by atoms with Gasteiger partial charge in [-0.15, -0.1) is 0 Å². The molecule has 7 nitrogen and oxygen atoms in total. The number of nitrogens with one attached hydrogen (secondary N) is 1. The van der Waals surface area contributed by atoms with Crippen molar-refractivity contribution < 1.29 is 27.6 Å². The SMILES string of the molecule is COc1ccc(-c2cc(NC(=O)c3cnc4onc(C)c4c3)ccc2OC(F)F)cc1. The van der Waals surface area contributed by atoms with Crippen LogP contribution < -0.4 is 14.8 Å². The number of alkyl halides is 2. The lowest BCUT2D eigenvalue weighted by atomic mass is 10.0. The third-order valence-electron chi connectivity index (χ3n) is 4.63. The molecule has 0 unspecified atom stereocenters. The lowest BCUT2D eigenvalue weighted by molar-refractivity contribution is -0.0494. The predicted molar refractivity (Wildman–Crippen MR) is 110 cm³/mol. The lowest BCUT2D eigenvalue weighted by Crippen LogP contribution is -2.12. The largest absolute Gasteiger partial charge is 0.497 e. The third kappa shape index (κ3) is 4.30. The Morgan fingerprint density at radius 2 is 1.90 bits per heavy atom. The average Bonchev–Trinajstić information content (AvgIpc) is 3.14. The van der Waals surface area contributed by atoms with Gasteiger partial charge in [0.1, 0.15) is 11.5 Å². The highest BCUT2D eigenvalue weighted by Gasteiger charge is 2.15. The van der Waals surface area contributed by atoms with Gasteiger partial charge in [0.2, 0.25) is 0 Å². The number of nitrogens with zero attached hydrogens (tertiary/aromatic N) is 2. The molecule has 2 aromatic heterocycles. The average molecular weight is 425 g/mol. The molecule has 1 amide bonds. The van der Waals surface area contributed by atoms with Crippen LogP contribution in [0.25, 0.3) is 22.2 Å². The Hall–Kier alpha value is -4.01. The van der Waals surface area contributed by atoms with Crippen molar-refractivity contribution in [3.63, 3.8) is 0 Å². The van der Waals surface area contributed by atoms with E-state index in [1.165, 1.54) is 25.4 Å². The summed E-state index contributed by atoms with van der Waals surface area (Å²) in [6, 6.07) is 12.9. The van der Waals surface area contributed by atoms with Crippen LogP contribution in [0.15, 0.2) is 59.3 Å². The molecule has 0 aliphatic heterocycles. The monoisotopic (exact) mass is 425 g/mol.